The standard InChI is InChI=1S/C12H9BrClNS/c13-11-6-5-10(7-12(11)15)16-9-3-1-8(14)2-4-9/h1-7H,15H2. The van der Waals surface area contributed by atoms with Gasteiger partial charge in [-0.15, -0.1) is 0 Å². The number of nitrogens with two attached hydrogens (primary N) is 1. The molecule has 0 aromatic heterocycles. The van der Waals surface area contributed by atoms with Crippen molar-refractivity contribution in [2.75, 3.05) is 5.73 Å². The van der Waals surface area contributed by atoms with E-state index in [1.54, 1.807) is 11.8 Å². The van der Waals surface area contributed by atoms with Crippen LogP contribution in [0.4, 0.5) is 5.69 Å². The smallest absolute Gasteiger partial charge is 0.0469 e. The van der Waals surface area contributed by atoms with Crippen LogP contribution >= 0.6 is 39.3 Å². The Morgan fingerprint density at radius 3 is 2.25 bits per heavy atom. The third kappa shape index (κ3) is 2.94. The Bertz CT molecular complexity index is 499. The zero-order valence-electron chi connectivity index (χ0n) is 8.28. The van der Waals surface area contributed by atoms with E-state index in [0.717, 1.165) is 25.0 Å². The molecule has 0 unspecified atom stereocenters. The van der Waals surface area contributed by atoms with Gasteiger partial charge in [-0.2, -0.15) is 0 Å². The third-order valence-corrected chi connectivity index (χ3v) is 3.99. The lowest BCUT2D eigenvalue weighted by atomic mass is 10.3. The SMILES string of the molecule is Nc1cc(Sc2ccc(Cl)cc2)ccc1Br. The van der Waals surface area contributed by atoms with Crippen LogP contribution in [-0.4, -0.2) is 0 Å². The molecule has 2 aromatic rings. The summed E-state index contributed by atoms with van der Waals surface area (Å²) in [6, 6.07) is 13.7. The molecular formula is C12H9BrClNS. The topological polar surface area (TPSA) is 26.0 Å². The third-order valence-electron chi connectivity index (χ3n) is 2.02. The second-order valence-corrected chi connectivity index (χ2v) is 5.68. The molecule has 0 bridgehead atoms. The highest BCUT2D eigenvalue weighted by Gasteiger charge is 2.00. The molecule has 0 fully saturated rings. The normalized spacial score (nSPS) is 10.4. The second-order valence-electron chi connectivity index (χ2n) is 3.24. The summed E-state index contributed by atoms with van der Waals surface area (Å²) in [5.74, 6) is 0. The van der Waals surface area contributed by atoms with Crippen LogP contribution < -0.4 is 5.73 Å². The number of nitrogen functional groups attached to an aromatic ring is 1. The molecule has 0 saturated heterocycles. The zero-order chi connectivity index (χ0) is 11.5. The Balaban J connectivity index is 2.20. The Morgan fingerprint density at radius 2 is 1.62 bits per heavy atom. The number of anilines is 1. The monoisotopic (exact) mass is 313 g/mol. The summed E-state index contributed by atoms with van der Waals surface area (Å²) in [4.78, 5) is 2.26. The minimum atomic E-state index is 0.749. The summed E-state index contributed by atoms with van der Waals surface area (Å²) >= 11 is 10.9. The maximum absolute atomic E-state index is 5.83. The van der Waals surface area contributed by atoms with Crippen molar-refractivity contribution < 1.29 is 0 Å². The van der Waals surface area contributed by atoms with Crippen molar-refractivity contribution >= 4 is 45.0 Å². The predicted octanol–water partition coefficient (Wildman–Crippen LogP) is 4.84. The molecule has 2 aromatic carbocycles. The van der Waals surface area contributed by atoms with Gasteiger partial charge in [-0.3, -0.25) is 0 Å². The molecule has 0 amide bonds. The van der Waals surface area contributed by atoms with Crippen molar-refractivity contribution in [3.8, 4) is 0 Å². The molecule has 2 rings (SSSR count). The van der Waals surface area contributed by atoms with E-state index >= 15 is 0 Å². The second kappa shape index (κ2) is 5.13. The summed E-state index contributed by atoms with van der Waals surface area (Å²) in [5, 5.41) is 0.750. The minimum absolute atomic E-state index is 0.749. The predicted molar refractivity (Wildman–Crippen MR) is 74.1 cm³/mol. The highest BCUT2D eigenvalue weighted by Crippen LogP contribution is 2.32. The molecular weight excluding hydrogens is 306 g/mol. The van der Waals surface area contributed by atoms with E-state index in [9.17, 15) is 0 Å². The van der Waals surface area contributed by atoms with Crippen molar-refractivity contribution in [2.45, 2.75) is 9.79 Å². The number of hydrogen-bond acceptors (Lipinski definition) is 2. The van der Waals surface area contributed by atoms with Crippen LogP contribution in [0.25, 0.3) is 0 Å². The quantitative estimate of drug-likeness (QED) is 0.803. The molecule has 0 spiro atoms. The summed E-state index contributed by atoms with van der Waals surface area (Å²) in [7, 11) is 0. The molecule has 0 aliphatic carbocycles. The van der Waals surface area contributed by atoms with Gasteiger partial charge < -0.3 is 5.73 Å². The van der Waals surface area contributed by atoms with Crippen LogP contribution in [0.15, 0.2) is 56.7 Å². The van der Waals surface area contributed by atoms with Gasteiger partial charge in [0.2, 0.25) is 0 Å². The van der Waals surface area contributed by atoms with Crippen LogP contribution in [-0.2, 0) is 0 Å². The van der Waals surface area contributed by atoms with Crippen molar-refractivity contribution in [3.05, 3.63) is 52.0 Å². The van der Waals surface area contributed by atoms with Crippen LogP contribution in [0, 0.1) is 0 Å². The molecule has 0 heterocycles. The first kappa shape index (κ1) is 11.8. The van der Waals surface area contributed by atoms with Crippen LogP contribution in [0.3, 0.4) is 0 Å². The van der Waals surface area contributed by atoms with Crippen molar-refractivity contribution in [1.29, 1.82) is 0 Å². The van der Waals surface area contributed by atoms with Crippen molar-refractivity contribution in [3.63, 3.8) is 0 Å². The molecule has 1 nitrogen and oxygen atoms in total. The fourth-order valence-corrected chi connectivity index (χ4v) is 2.46. The van der Waals surface area contributed by atoms with Gasteiger partial charge in [0.25, 0.3) is 0 Å². The van der Waals surface area contributed by atoms with E-state index in [0.29, 0.717) is 0 Å². The van der Waals surface area contributed by atoms with Gasteiger partial charge in [0.1, 0.15) is 0 Å². The summed E-state index contributed by atoms with van der Waals surface area (Å²) in [5.41, 5.74) is 6.57. The lowest BCUT2D eigenvalue weighted by molar-refractivity contribution is 1.40. The maximum atomic E-state index is 5.83. The first-order valence-electron chi connectivity index (χ1n) is 4.63. The lowest BCUT2D eigenvalue weighted by Crippen LogP contribution is -1.86. The fourth-order valence-electron chi connectivity index (χ4n) is 1.22. The largest absolute Gasteiger partial charge is 0.398 e. The van der Waals surface area contributed by atoms with Gasteiger partial charge in [0.15, 0.2) is 0 Å². The molecule has 0 aliphatic rings. The summed E-state index contributed by atoms with van der Waals surface area (Å²) in [6.45, 7) is 0. The van der Waals surface area contributed by atoms with Crippen molar-refractivity contribution in [2.24, 2.45) is 0 Å². The average Bonchev–Trinajstić information content (AvgIpc) is 2.27. The van der Waals surface area contributed by atoms with Gasteiger partial charge >= 0.3 is 0 Å². The lowest BCUT2D eigenvalue weighted by Gasteiger charge is -2.04. The van der Waals surface area contributed by atoms with Gasteiger partial charge in [-0.05, 0) is 58.4 Å². The van der Waals surface area contributed by atoms with E-state index in [1.165, 1.54) is 0 Å². The Hall–Kier alpha value is -0.640. The van der Waals surface area contributed by atoms with Gasteiger partial charge in [-0.1, -0.05) is 23.4 Å². The summed E-state index contributed by atoms with van der Waals surface area (Å²) in [6.07, 6.45) is 0. The molecule has 4 heteroatoms. The Labute approximate surface area is 112 Å². The first-order chi connectivity index (χ1) is 7.65. The fraction of sp³-hybridized carbons (Fsp3) is 0. The van der Waals surface area contributed by atoms with Gasteiger partial charge in [0.05, 0.1) is 0 Å². The molecule has 0 aliphatic heterocycles. The van der Waals surface area contributed by atoms with Gasteiger partial charge in [-0.25, -0.2) is 0 Å². The summed E-state index contributed by atoms with van der Waals surface area (Å²) < 4.78 is 0.924. The van der Waals surface area contributed by atoms with Crippen LogP contribution in [0.1, 0.15) is 0 Å². The molecule has 2 N–H and O–H groups in total. The number of benzene rings is 2. The van der Waals surface area contributed by atoms with E-state index < -0.39 is 0 Å². The maximum Gasteiger partial charge on any atom is 0.0469 e. The zero-order valence-corrected chi connectivity index (χ0v) is 11.4. The van der Waals surface area contributed by atoms with E-state index in [1.807, 2.05) is 42.5 Å². The average molecular weight is 315 g/mol. The van der Waals surface area contributed by atoms with Crippen molar-refractivity contribution in [1.82, 2.24) is 0 Å². The Morgan fingerprint density at radius 1 is 1.00 bits per heavy atom. The number of hydrogen-bond donors (Lipinski definition) is 1. The van der Waals surface area contributed by atoms with Gasteiger partial charge in [0, 0.05) is 25.0 Å². The minimum Gasteiger partial charge on any atom is -0.398 e. The highest BCUT2D eigenvalue weighted by molar-refractivity contribution is 9.10. The first-order valence-corrected chi connectivity index (χ1v) is 6.62. The molecule has 0 radical (unpaired) electrons. The van der Waals surface area contributed by atoms with E-state index in [2.05, 4.69) is 15.9 Å². The molecule has 0 atom stereocenters. The van der Waals surface area contributed by atoms with E-state index in [4.69, 9.17) is 17.3 Å². The van der Waals surface area contributed by atoms with Crippen LogP contribution in [0.2, 0.25) is 5.02 Å². The Kier molecular flexibility index (Phi) is 3.79. The molecule has 16 heavy (non-hydrogen) atoms. The molecule has 82 valence electrons. The van der Waals surface area contributed by atoms with E-state index in [-0.39, 0.29) is 0 Å². The van der Waals surface area contributed by atoms with Crippen LogP contribution in [0.5, 0.6) is 0 Å². The highest BCUT2D eigenvalue weighted by atomic mass is 79.9. The number of halogens is 2. The molecule has 0 saturated carbocycles. The number of rotatable bonds is 2.